The zero-order chi connectivity index (χ0) is 12.3. The van der Waals surface area contributed by atoms with E-state index in [1.54, 1.807) is 12.1 Å². The highest BCUT2D eigenvalue weighted by molar-refractivity contribution is 5.34. The molecule has 1 aliphatic carbocycles. The van der Waals surface area contributed by atoms with E-state index in [1.807, 2.05) is 6.07 Å². The molecule has 0 aliphatic heterocycles. The van der Waals surface area contributed by atoms with Crippen molar-refractivity contribution in [2.45, 2.75) is 26.3 Å². The summed E-state index contributed by atoms with van der Waals surface area (Å²) in [5.74, 6) is 0.446. The fraction of sp³-hybridized carbons (Fsp3) is 0.500. The highest BCUT2D eigenvalue weighted by atomic mass is 19.1. The van der Waals surface area contributed by atoms with E-state index in [1.165, 1.54) is 18.9 Å². The summed E-state index contributed by atoms with van der Waals surface area (Å²) in [5.41, 5.74) is 0.775. The van der Waals surface area contributed by atoms with Crippen molar-refractivity contribution in [1.82, 2.24) is 4.90 Å². The number of hydrogen-bond acceptors (Lipinski definition) is 2. The maximum Gasteiger partial charge on any atom is 0.145 e. The third-order valence-electron chi connectivity index (χ3n) is 3.25. The number of halogens is 1. The molecule has 1 saturated carbocycles. The number of nitrogens with zero attached hydrogens (tertiary/aromatic N) is 2. The molecule has 90 valence electrons. The first-order valence-corrected chi connectivity index (χ1v) is 6.14. The first-order valence-electron chi connectivity index (χ1n) is 6.14. The predicted octanol–water partition coefficient (Wildman–Crippen LogP) is 2.93. The zero-order valence-corrected chi connectivity index (χ0v) is 10.1. The van der Waals surface area contributed by atoms with E-state index in [2.05, 4.69) is 11.8 Å². The van der Waals surface area contributed by atoms with Gasteiger partial charge in [0.05, 0.1) is 5.56 Å². The number of hydrogen-bond donors (Lipinski definition) is 0. The van der Waals surface area contributed by atoms with Gasteiger partial charge in [-0.05, 0) is 31.4 Å². The van der Waals surface area contributed by atoms with Gasteiger partial charge in [0.15, 0.2) is 0 Å². The summed E-state index contributed by atoms with van der Waals surface area (Å²) in [5, 5.41) is 8.79. The molecule has 1 aromatic rings. The van der Waals surface area contributed by atoms with Crippen molar-refractivity contribution < 1.29 is 4.39 Å². The molecule has 17 heavy (non-hydrogen) atoms. The summed E-state index contributed by atoms with van der Waals surface area (Å²) in [6.07, 6.45) is 2.61. The Balaban J connectivity index is 2.08. The molecule has 1 aromatic carbocycles. The largest absolute Gasteiger partial charge is 0.299 e. The third kappa shape index (κ3) is 3.04. The first kappa shape index (κ1) is 12.1. The van der Waals surface area contributed by atoms with Gasteiger partial charge in [-0.3, -0.25) is 4.90 Å². The fourth-order valence-corrected chi connectivity index (χ4v) is 2.00. The quantitative estimate of drug-likeness (QED) is 0.780. The molecule has 0 saturated heterocycles. The van der Waals surface area contributed by atoms with Crippen molar-refractivity contribution in [3.63, 3.8) is 0 Å². The number of rotatable bonds is 5. The van der Waals surface area contributed by atoms with Gasteiger partial charge in [0.2, 0.25) is 0 Å². The molecule has 1 fully saturated rings. The molecule has 0 unspecified atom stereocenters. The van der Waals surface area contributed by atoms with Gasteiger partial charge in [-0.15, -0.1) is 0 Å². The highest BCUT2D eigenvalue weighted by Crippen LogP contribution is 2.30. The molecule has 0 bridgehead atoms. The lowest BCUT2D eigenvalue weighted by Gasteiger charge is -2.20. The molecule has 0 N–H and O–H groups in total. The highest BCUT2D eigenvalue weighted by Gasteiger charge is 2.24. The van der Waals surface area contributed by atoms with Gasteiger partial charge in [-0.25, -0.2) is 4.39 Å². The van der Waals surface area contributed by atoms with Crippen molar-refractivity contribution in [3.05, 3.63) is 35.1 Å². The normalized spacial score (nSPS) is 14.9. The number of nitriles is 1. The Kier molecular flexibility index (Phi) is 3.75. The van der Waals surface area contributed by atoms with Crippen molar-refractivity contribution in [3.8, 4) is 6.07 Å². The van der Waals surface area contributed by atoms with Gasteiger partial charge in [-0.1, -0.05) is 19.1 Å². The van der Waals surface area contributed by atoms with E-state index in [-0.39, 0.29) is 11.4 Å². The molecule has 2 rings (SSSR count). The Bertz CT molecular complexity index is 432. The Hall–Kier alpha value is -1.40. The van der Waals surface area contributed by atoms with E-state index < -0.39 is 0 Å². The first-order chi connectivity index (χ1) is 8.24. The topological polar surface area (TPSA) is 27.0 Å². The number of benzene rings is 1. The maximum absolute atomic E-state index is 13.9. The van der Waals surface area contributed by atoms with Gasteiger partial charge in [0.25, 0.3) is 0 Å². The summed E-state index contributed by atoms with van der Waals surface area (Å²) in [4.78, 5) is 2.25. The van der Waals surface area contributed by atoms with Crippen LogP contribution >= 0.6 is 0 Å². The van der Waals surface area contributed by atoms with Gasteiger partial charge in [0, 0.05) is 18.7 Å². The van der Waals surface area contributed by atoms with Crippen LogP contribution in [0.2, 0.25) is 0 Å². The lowest BCUT2D eigenvalue weighted by Crippen LogP contribution is -2.25. The summed E-state index contributed by atoms with van der Waals surface area (Å²) >= 11 is 0. The van der Waals surface area contributed by atoms with Gasteiger partial charge < -0.3 is 0 Å². The van der Waals surface area contributed by atoms with Crippen LogP contribution in [0.1, 0.15) is 30.9 Å². The molecule has 0 aromatic heterocycles. The minimum atomic E-state index is -0.357. The van der Waals surface area contributed by atoms with Crippen LogP contribution in [-0.2, 0) is 6.54 Å². The van der Waals surface area contributed by atoms with E-state index in [0.29, 0.717) is 12.1 Å². The fourth-order valence-electron chi connectivity index (χ4n) is 2.00. The third-order valence-corrected chi connectivity index (χ3v) is 3.25. The van der Waals surface area contributed by atoms with E-state index in [4.69, 9.17) is 5.26 Å². The molecule has 0 atom stereocenters. The molecule has 1 aliphatic rings. The second-order valence-corrected chi connectivity index (χ2v) is 4.66. The van der Waals surface area contributed by atoms with Crippen molar-refractivity contribution in [2.24, 2.45) is 5.92 Å². The zero-order valence-electron chi connectivity index (χ0n) is 10.1. The second-order valence-electron chi connectivity index (χ2n) is 4.66. The SMILES string of the molecule is CCN(Cc1cccc(C#N)c1F)CC1CC1. The van der Waals surface area contributed by atoms with Crippen LogP contribution in [0.25, 0.3) is 0 Å². The van der Waals surface area contributed by atoms with Crippen LogP contribution in [0.5, 0.6) is 0 Å². The summed E-state index contributed by atoms with van der Waals surface area (Å²) in [6.45, 7) is 4.67. The maximum atomic E-state index is 13.9. The van der Waals surface area contributed by atoms with Crippen LogP contribution in [0.15, 0.2) is 18.2 Å². The molecule has 3 heteroatoms. The Labute approximate surface area is 102 Å². The van der Waals surface area contributed by atoms with Gasteiger partial charge >= 0.3 is 0 Å². The van der Waals surface area contributed by atoms with Crippen LogP contribution in [-0.4, -0.2) is 18.0 Å². The van der Waals surface area contributed by atoms with Gasteiger partial charge in [-0.2, -0.15) is 5.26 Å². The molecular weight excluding hydrogens is 215 g/mol. The Morgan fingerprint density at radius 3 is 2.82 bits per heavy atom. The average molecular weight is 232 g/mol. The average Bonchev–Trinajstić information content (AvgIpc) is 3.14. The Morgan fingerprint density at radius 2 is 2.24 bits per heavy atom. The Morgan fingerprint density at radius 1 is 1.47 bits per heavy atom. The van der Waals surface area contributed by atoms with E-state index in [0.717, 1.165) is 19.0 Å². The minimum Gasteiger partial charge on any atom is -0.299 e. The van der Waals surface area contributed by atoms with Crippen molar-refractivity contribution in [2.75, 3.05) is 13.1 Å². The van der Waals surface area contributed by atoms with E-state index >= 15 is 0 Å². The van der Waals surface area contributed by atoms with Crippen LogP contribution in [0.3, 0.4) is 0 Å². The molecule has 0 amide bonds. The summed E-state index contributed by atoms with van der Waals surface area (Å²) in [6, 6.07) is 6.93. The standard InChI is InChI=1S/C14H17FN2/c1-2-17(9-11-6-7-11)10-13-5-3-4-12(8-16)14(13)15/h3-5,11H,2,6-7,9-10H2,1H3. The summed E-state index contributed by atoms with van der Waals surface area (Å²) in [7, 11) is 0. The smallest absolute Gasteiger partial charge is 0.145 e. The molecule has 2 nitrogen and oxygen atoms in total. The molecule has 0 heterocycles. The van der Waals surface area contributed by atoms with E-state index in [9.17, 15) is 4.39 Å². The van der Waals surface area contributed by atoms with Crippen molar-refractivity contribution in [1.29, 1.82) is 5.26 Å². The lowest BCUT2D eigenvalue weighted by molar-refractivity contribution is 0.264. The van der Waals surface area contributed by atoms with Crippen molar-refractivity contribution >= 4 is 0 Å². The summed E-state index contributed by atoms with van der Waals surface area (Å²) < 4.78 is 13.9. The van der Waals surface area contributed by atoms with Crippen LogP contribution in [0.4, 0.5) is 4.39 Å². The molecule has 0 radical (unpaired) electrons. The monoisotopic (exact) mass is 232 g/mol. The molecular formula is C14H17FN2. The van der Waals surface area contributed by atoms with Crippen LogP contribution in [0, 0.1) is 23.1 Å². The second kappa shape index (κ2) is 5.29. The minimum absolute atomic E-state index is 0.143. The predicted molar refractivity (Wildman–Crippen MR) is 64.8 cm³/mol. The van der Waals surface area contributed by atoms with Gasteiger partial charge in [0.1, 0.15) is 11.9 Å². The lowest BCUT2D eigenvalue weighted by atomic mass is 10.1. The molecule has 0 spiro atoms. The van der Waals surface area contributed by atoms with Crippen LogP contribution < -0.4 is 0 Å².